The minimum absolute atomic E-state index is 0.0623. The Morgan fingerprint density at radius 2 is 0.398 bits per heavy atom. The van der Waals surface area contributed by atoms with Gasteiger partial charge in [0.25, 0.3) is 0 Å². The number of hydrogen-bond acceptors (Lipinski definition) is 20. The largest absolute Gasteiger partial charge is 0.507 e. The number of phenolic OH excluding ortho intramolecular Hbond substituents is 6. The summed E-state index contributed by atoms with van der Waals surface area (Å²) in [5, 5.41) is 67.3. The first-order valence-corrected chi connectivity index (χ1v) is 40.1. The van der Waals surface area contributed by atoms with E-state index in [1.54, 1.807) is 197 Å². The van der Waals surface area contributed by atoms with Gasteiger partial charge in [-0.25, -0.2) is 28.8 Å². The first-order valence-electron chi connectivity index (χ1n) is 40.1. The molecule has 0 fully saturated rings. The highest BCUT2D eigenvalue weighted by atomic mass is 16.6. The lowest BCUT2D eigenvalue weighted by Gasteiger charge is -2.34. The fourth-order valence-electron chi connectivity index (χ4n) is 14.5. The van der Waals surface area contributed by atoms with E-state index in [2.05, 4.69) is 0 Å². The van der Waals surface area contributed by atoms with Crippen LogP contribution in [0.1, 0.15) is 209 Å². The van der Waals surface area contributed by atoms with Gasteiger partial charge in [-0.1, -0.05) is 84.9 Å². The Balaban J connectivity index is 1.02. The number of esters is 6. The summed E-state index contributed by atoms with van der Waals surface area (Å²) in [7, 11) is 0. The highest BCUT2D eigenvalue weighted by Crippen LogP contribution is 2.59. The van der Waals surface area contributed by atoms with Crippen molar-refractivity contribution in [2.24, 2.45) is 0 Å². The molecule has 1 aliphatic rings. The fourth-order valence-corrected chi connectivity index (χ4v) is 14.5. The van der Waals surface area contributed by atoms with Crippen molar-refractivity contribution in [3.63, 3.8) is 0 Å². The zero-order valence-corrected chi connectivity index (χ0v) is 71.8. The van der Waals surface area contributed by atoms with Crippen molar-refractivity contribution >= 4 is 35.8 Å². The monoisotopic (exact) mass is 1650 g/mol. The fraction of sp³-hybridized carbons (Fsp3) is 0.243. The second kappa shape index (κ2) is 32.8. The molecule has 0 radical (unpaired) electrons. The van der Waals surface area contributed by atoms with Crippen molar-refractivity contribution in [3.05, 3.63) is 286 Å². The molecule has 0 spiro atoms. The summed E-state index contributed by atoms with van der Waals surface area (Å²) in [4.78, 5) is 82.9. The van der Waals surface area contributed by atoms with E-state index in [0.717, 1.165) is 22.3 Å². The van der Waals surface area contributed by atoms with E-state index in [-0.39, 0.29) is 79.4 Å². The highest BCUT2D eigenvalue weighted by Gasteiger charge is 2.47. The Bertz CT molecular complexity index is 5630. The molecule has 0 atom stereocenters. The Morgan fingerprint density at radius 3 is 0.602 bits per heavy atom. The molecule has 0 saturated heterocycles. The summed E-state index contributed by atoms with van der Waals surface area (Å²) in [6.45, 7) is 31.0. The molecule has 20 heteroatoms. The standard InChI is InChI=1S/C103H98O20/c1-97(2,3)118-91(110)77-49-57(21-37-85(77)104)63-19-35-75-76-36-20-64(58-22-38-86(105)78(50-58)92(111)119-98(4,5)6)56-84(76)103(83(75)55-63,69-27-31-71(32-28-69)116-73-45-65(59-23-39-87(106)79(51-59)93(112)120-99(7,8)9)43-66(46-73)60-24-40-88(107)80(52-60)94(113)121-100(10,11)12)70-29-33-72(34-30-70)117-74-47-67(61-25-41-89(108)81(53-61)95(114)122-101(13,14)15)44-68(48-74)62-26-42-90(109)82(54-62)96(115)123-102(16,17)18/h19-56,104-109H,1-18H3. The molecule has 630 valence electrons. The van der Waals surface area contributed by atoms with Crippen LogP contribution in [0.2, 0.25) is 0 Å². The molecule has 6 N–H and O–H groups in total. The molecular formula is C103H98O20. The lowest BCUT2D eigenvalue weighted by atomic mass is 9.67. The smallest absolute Gasteiger partial charge is 0.342 e. The molecular weight excluding hydrogens is 1560 g/mol. The molecule has 0 amide bonds. The van der Waals surface area contributed by atoms with Gasteiger partial charge >= 0.3 is 35.8 Å². The second-order valence-corrected chi connectivity index (χ2v) is 36.4. The quantitative estimate of drug-likeness (QED) is 0.0344. The number of aromatic hydroxyl groups is 6. The van der Waals surface area contributed by atoms with Gasteiger partial charge < -0.3 is 68.5 Å². The van der Waals surface area contributed by atoms with Crippen LogP contribution in [0.25, 0.3) is 77.9 Å². The summed E-state index contributed by atoms with van der Waals surface area (Å²) in [6, 6.07) is 65.3. The van der Waals surface area contributed by atoms with Gasteiger partial charge in [0.15, 0.2) is 0 Å². The van der Waals surface area contributed by atoms with Gasteiger partial charge in [0.1, 0.15) is 124 Å². The Morgan fingerprint density at radius 1 is 0.211 bits per heavy atom. The average Bonchev–Trinajstić information content (AvgIpc) is 1.54. The van der Waals surface area contributed by atoms with Gasteiger partial charge in [-0.15, -0.1) is 0 Å². The predicted molar refractivity (Wildman–Crippen MR) is 470 cm³/mol. The van der Waals surface area contributed by atoms with Crippen LogP contribution in [0.3, 0.4) is 0 Å². The van der Waals surface area contributed by atoms with E-state index in [4.69, 9.17) is 37.9 Å². The normalized spacial score (nSPS) is 12.6. The maximum atomic E-state index is 14.0. The average molecular weight is 1660 g/mol. The summed E-state index contributed by atoms with van der Waals surface area (Å²) >= 11 is 0. The van der Waals surface area contributed by atoms with Crippen LogP contribution in [0.5, 0.6) is 57.5 Å². The van der Waals surface area contributed by atoms with Crippen LogP contribution < -0.4 is 9.47 Å². The number of hydrogen-bond donors (Lipinski definition) is 6. The summed E-state index contributed by atoms with van der Waals surface area (Å²) in [5.74, 6) is -5.10. The van der Waals surface area contributed by atoms with E-state index in [1.807, 2.05) is 97.1 Å². The highest BCUT2D eigenvalue weighted by molar-refractivity contribution is 6.00. The molecule has 1 aliphatic carbocycles. The molecule has 0 aliphatic heterocycles. The molecule has 0 heterocycles. The van der Waals surface area contributed by atoms with Crippen LogP contribution in [0.4, 0.5) is 0 Å². The maximum absolute atomic E-state index is 14.0. The van der Waals surface area contributed by atoms with Crippen molar-refractivity contribution in [1.29, 1.82) is 0 Å². The second-order valence-electron chi connectivity index (χ2n) is 36.4. The number of rotatable bonds is 18. The minimum Gasteiger partial charge on any atom is -0.507 e. The van der Waals surface area contributed by atoms with Crippen LogP contribution in [-0.4, -0.2) is 100 Å². The number of carbonyl (C=O) groups excluding carboxylic acids is 6. The van der Waals surface area contributed by atoms with Crippen LogP contribution in [0, 0.1) is 0 Å². The van der Waals surface area contributed by atoms with Crippen molar-refractivity contribution in [1.82, 2.24) is 0 Å². The van der Waals surface area contributed by atoms with Crippen molar-refractivity contribution in [3.8, 4) is 135 Å². The van der Waals surface area contributed by atoms with Crippen molar-refractivity contribution < 1.29 is 97.3 Å². The minimum atomic E-state index is -1.37. The van der Waals surface area contributed by atoms with Crippen LogP contribution in [-0.2, 0) is 33.8 Å². The predicted octanol–water partition coefficient (Wildman–Crippen LogP) is 23.6. The van der Waals surface area contributed by atoms with Gasteiger partial charge in [-0.2, -0.15) is 0 Å². The topological polar surface area (TPSA) is 298 Å². The van der Waals surface area contributed by atoms with E-state index in [0.29, 0.717) is 89.4 Å². The van der Waals surface area contributed by atoms with Crippen LogP contribution in [0.15, 0.2) is 231 Å². The van der Waals surface area contributed by atoms with E-state index in [1.165, 1.54) is 60.7 Å². The Hall–Kier alpha value is -14.1. The summed E-state index contributed by atoms with van der Waals surface area (Å²) in [5.41, 5.74) is 3.48. The molecule has 0 aromatic heterocycles. The molecule has 12 aromatic rings. The Labute approximate surface area is 714 Å². The van der Waals surface area contributed by atoms with Gasteiger partial charge in [0.05, 0.1) is 5.41 Å². The molecule has 20 nitrogen and oxygen atoms in total. The SMILES string of the molecule is CC(C)(C)OC(=O)c1cc(-c2cc(Oc3ccc(C4(c5ccc(Oc6cc(-c7ccc(O)c(C(=O)OC(C)(C)C)c7)cc(-c7ccc(O)c(C(=O)OC(C)(C)C)c7)c6)cc5)c5cc(-c6ccc(O)c(C(=O)OC(C)(C)C)c6)ccc5-c5ccc(-c6ccc(O)c(C(=O)OC(C)(C)C)c6)cc54)cc3)cc(-c3ccc(O)c(C(=O)OC(C)(C)C)c3)c2)ccc1O. The third-order valence-electron chi connectivity index (χ3n) is 19.7. The zero-order chi connectivity index (χ0) is 89.1. The maximum Gasteiger partial charge on any atom is 0.342 e. The zero-order valence-electron chi connectivity index (χ0n) is 71.8. The first-order chi connectivity index (χ1) is 57.5. The molecule has 0 unspecified atom stereocenters. The number of ether oxygens (including phenoxy) is 8. The third-order valence-corrected chi connectivity index (χ3v) is 19.7. The number of carbonyl (C=O) groups is 6. The number of phenols is 6. The van der Waals surface area contributed by atoms with Gasteiger partial charge in [0, 0.05) is 0 Å². The van der Waals surface area contributed by atoms with E-state index < -0.39 is 74.8 Å². The first kappa shape index (κ1) is 86.7. The van der Waals surface area contributed by atoms with Crippen LogP contribution >= 0.6 is 0 Å². The molecule has 0 saturated carbocycles. The number of fused-ring (bicyclic) bond motifs is 3. The van der Waals surface area contributed by atoms with Crippen molar-refractivity contribution in [2.75, 3.05) is 0 Å². The van der Waals surface area contributed by atoms with E-state index in [9.17, 15) is 59.4 Å². The van der Waals surface area contributed by atoms with E-state index >= 15 is 0 Å². The van der Waals surface area contributed by atoms with Gasteiger partial charge in [-0.05, 0) is 370 Å². The molecule has 12 aromatic carbocycles. The third kappa shape index (κ3) is 19.7. The molecule has 123 heavy (non-hydrogen) atoms. The Kier molecular flexibility index (Phi) is 23.1. The molecule has 0 bridgehead atoms. The lowest BCUT2D eigenvalue weighted by molar-refractivity contribution is 0.00538. The van der Waals surface area contributed by atoms with Gasteiger partial charge in [-0.3, -0.25) is 0 Å². The lowest BCUT2D eigenvalue weighted by Crippen LogP contribution is -2.28. The van der Waals surface area contributed by atoms with Crippen molar-refractivity contribution in [2.45, 2.75) is 164 Å². The summed E-state index contributed by atoms with van der Waals surface area (Å²) < 4.78 is 48.5. The van der Waals surface area contributed by atoms with Gasteiger partial charge in [0.2, 0.25) is 0 Å². The summed E-state index contributed by atoms with van der Waals surface area (Å²) in [6.07, 6.45) is 0. The number of benzene rings is 12. The molecule has 13 rings (SSSR count).